The largest absolute Gasteiger partial charge is 0.384 e. The topological polar surface area (TPSA) is 35.8 Å². The fraction of sp³-hybridized carbons (Fsp3) is 0.300. The summed E-state index contributed by atoms with van der Waals surface area (Å²) in [6.45, 7) is 2.16. The normalized spacial score (nSPS) is 11.9. The molecule has 1 unspecified atom stereocenters. The lowest BCUT2D eigenvalue weighted by molar-refractivity contribution is 0.509. The zero-order chi connectivity index (χ0) is 10.6. The summed E-state index contributed by atoms with van der Waals surface area (Å²) in [6, 6.07) is 5.58. The lowest BCUT2D eigenvalue weighted by atomic mass is 10.2. The van der Waals surface area contributed by atoms with Gasteiger partial charge in [0, 0.05) is 12.2 Å². The molecule has 0 radical (unpaired) electrons. The molecule has 0 aliphatic heterocycles. The van der Waals surface area contributed by atoms with Gasteiger partial charge in [0.2, 0.25) is 0 Å². The molecule has 0 saturated carbocycles. The predicted octanol–water partition coefficient (Wildman–Crippen LogP) is 2.54. The molecule has 0 fully saturated rings. The molecule has 14 heavy (non-hydrogen) atoms. The molecule has 1 aromatic rings. The minimum Gasteiger partial charge on any atom is -0.384 e. The molecule has 2 nitrogen and oxygen atoms in total. The van der Waals surface area contributed by atoms with E-state index in [1.807, 2.05) is 6.07 Å². The first-order chi connectivity index (χ1) is 6.63. The van der Waals surface area contributed by atoms with Gasteiger partial charge in [-0.15, -0.1) is 0 Å². The third kappa shape index (κ3) is 2.70. The lowest BCUT2D eigenvalue weighted by Gasteiger charge is -2.07. The van der Waals surface area contributed by atoms with Crippen molar-refractivity contribution >= 4 is 5.69 Å². The number of hydrogen-bond acceptors (Lipinski definition) is 2. The molecule has 0 amide bonds. The van der Waals surface area contributed by atoms with Crippen LogP contribution in [-0.4, -0.2) is 6.54 Å². The molecule has 1 aromatic carbocycles. The zero-order valence-electron chi connectivity index (χ0n) is 7.72. The second-order valence-electron chi connectivity index (χ2n) is 3.04. The molecule has 1 N–H and O–H groups in total. The summed E-state index contributed by atoms with van der Waals surface area (Å²) in [4.78, 5) is 0. The summed E-state index contributed by atoms with van der Waals surface area (Å²) in [7, 11) is 0. The zero-order valence-corrected chi connectivity index (χ0v) is 7.72. The molecule has 0 aliphatic carbocycles. The van der Waals surface area contributed by atoms with Crippen molar-refractivity contribution in [1.82, 2.24) is 0 Å². The molecule has 0 aromatic heterocycles. The maximum absolute atomic E-state index is 12.7. The van der Waals surface area contributed by atoms with Gasteiger partial charge in [-0.25, -0.2) is 8.78 Å². The van der Waals surface area contributed by atoms with E-state index >= 15 is 0 Å². The van der Waals surface area contributed by atoms with Gasteiger partial charge < -0.3 is 5.32 Å². The Hall–Kier alpha value is -1.63. The molecule has 74 valence electrons. The van der Waals surface area contributed by atoms with E-state index in [0.29, 0.717) is 12.2 Å². The number of benzene rings is 1. The van der Waals surface area contributed by atoms with Crippen LogP contribution in [0, 0.1) is 28.9 Å². The highest BCUT2D eigenvalue weighted by atomic mass is 19.2. The number of halogens is 2. The molecule has 1 rings (SSSR count). The van der Waals surface area contributed by atoms with Gasteiger partial charge in [0.1, 0.15) is 0 Å². The molecule has 1 atom stereocenters. The van der Waals surface area contributed by atoms with Crippen LogP contribution in [0.1, 0.15) is 6.92 Å². The highest BCUT2D eigenvalue weighted by Gasteiger charge is 2.03. The van der Waals surface area contributed by atoms with Gasteiger partial charge in [-0.2, -0.15) is 5.26 Å². The molecule has 4 heteroatoms. The summed E-state index contributed by atoms with van der Waals surface area (Å²) in [6.07, 6.45) is 0. The number of hydrogen-bond donors (Lipinski definition) is 1. The van der Waals surface area contributed by atoms with Crippen molar-refractivity contribution in [2.45, 2.75) is 6.92 Å². The van der Waals surface area contributed by atoms with Crippen molar-refractivity contribution in [3.63, 3.8) is 0 Å². The first-order valence-electron chi connectivity index (χ1n) is 4.22. The number of nitrogens with zero attached hydrogens (tertiary/aromatic N) is 1. The van der Waals surface area contributed by atoms with Crippen LogP contribution in [0.15, 0.2) is 18.2 Å². The van der Waals surface area contributed by atoms with Gasteiger partial charge in [0.05, 0.1) is 12.0 Å². The standard InChI is InChI=1S/C10H10F2N2/c1-7(5-13)6-14-8-2-3-9(11)10(12)4-8/h2-4,7,14H,6H2,1H3. The van der Waals surface area contributed by atoms with Crippen molar-refractivity contribution in [2.24, 2.45) is 5.92 Å². The summed E-state index contributed by atoms with van der Waals surface area (Å²) < 4.78 is 25.2. The minimum atomic E-state index is -0.889. The summed E-state index contributed by atoms with van der Waals surface area (Å²) in [5, 5.41) is 11.3. The average Bonchev–Trinajstić information content (AvgIpc) is 2.19. The van der Waals surface area contributed by atoms with Gasteiger partial charge >= 0.3 is 0 Å². The summed E-state index contributed by atoms with van der Waals surface area (Å²) >= 11 is 0. The Morgan fingerprint density at radius 3 is 2.71 bits per heavy atom. The quantitative estimate of drug-likeness (QED) is 0.806. The third-order valence-electron chi connectivity index (χ3n) is 1.75. The monoisotopic (exact) mass is 196 g/mol. The molecule has 0 saturated heterocycles. The van der Waals surface area contributed by atoms with E-state index < -0.39 is 11.6 Å². The van der Waals surface area contributed by atoms with Crippen LogP contribution in [0.5, 0.6) is 0 Å². The average molecular weight is 196 g/mol. The van der Waals surface area contributed by atoms with Gasteiger partial charge in [0.15, 0.2) is 11.6 Å². The van der Waals surface area contributed by atoms with Crippen LogP contribution in [0.25, 0.3) is 0 Å². The maximum atomic E-state index is 12.7. The van der Waals surface area contributed by atoms with Crippen LogP contribution in [-0.2, 0) is 0 Å². The SMILES string of the molecule is CC(C#N)CNc1ccc(F)c(F)c1. The third-order valence-corrected chi connectivity index (χ3v) is 1.75. The number of rotatable bonds is 3. The van der Waals surface area contributed by atoms with E-state index in [1.165, 1.54) is 6.07 Å². The van der Waals surface area contributed by atoms with Crippen LogP contribution < -0.4 is 5.32 Å². The van der Waals surface area contributed by atoms with E-state index in [1.54, 1.807) is 6.92 Å². The molecule has 0 spiro atoms. The predicted molar refractivity (Wildman–Crippen MR) is 49.6 cm³/mol. The van der Waals surface area contributed by atoms with Gasteiger partial charge in [-0.1, -0.05) is 0 Å². The number of anilines is 1. The van der Waals surface area contributed by atoms with Crippen LogP contribution >= 0.6 is 0 Å². The van der Waals surface area contributed by atoms with Crippen molar-refractivity contribution in [2.75, 3.05) is 11.9 Å². The molecule has 0 aliphatic rings. The minimum absolute atomic E-state index is 0.164. The summed E-state index contributed by atoms with van der Waals surface area (Å²) in [5.74, 6) is -1.92. The van der Waals surface area contributed by atoms with Gasteiger partial charge in [0.25, 0.3) is 0 Å². The Kier molecular flexibility index (Phi) is 3.41. The second-order valence-corrected chi connectivity index (χ2v) is 3.04. The summed E-state index contributed by atoms with van der Waals surface area (Å²) in [5.41, 5.74) is 0.478. The van der Waals surface area contributed by atoms with E-state index in [2.05, 4.69) is 5.32 Å². The number of nitrogens with one attached hydrogen (secondary N) is 1. The molecule has 0 heterocycles. The van der Waals surface area contributed by atoms with E-state index in [-0.39, 0.29) is 5.92 Å². The number of nitriles is 1. The van der Waals surface area contributed by atoms with Crippen LogP contribution in [0.4, 0.5) is 14.5 Å². The Morgan fingerprint density at radius 1 is 1.43 bits per heavy atom. The smallest absolute Gasteiger partial charge is 0.160 e. The Bertz CT molecular complexity index is 358. The molecule has 0 bridgehead atoms. The Morgan fingerprint density at radius 2 is 2.14 bits per heavy atom. The lowest BCUT2D eigenvalue weighted by Crippen LogP contribution is -2.09. The van der Waals surface area contributed by atoms with Crippen molar-refractivity contribution < 1.29 is 8.78 Å². The highest BCUT2D eigenvalue weighted by Crippen LogP contribution is 2.13. The van der Waals surface area contributed by atoms with Gasteiger partial charge in [-0.3, -0.25) is 0 Å². The van der Waals surface area contributed by atoms with E-state index in [4.69, 9.17) is 5.26 Å². The Labute approximate surface area is 81.2 Å². The van der Waals surface area contributed by atoms with Crippen molar-refractivity contribution in [3.05, 3.63) is 29.8 Å². The first-order valence-corrected chi connectivity index (χ1v) is 4.22. The van der Waals surface area contributed by atoms with E-state index in [9.17, 15) is 8.78 Å². The second kappa shape index (κ2) is 4.56. The molecular weight excluding hydrogens is 186 g/mol. The highest BCUT2D eigenvalue weighted by molar-refractivity contribution is 5.43. The fourth-order valence-corrected chi connectivity index (χ4v) is 0.923. The Balaban J connectivity index is 2.61. The molecular formula is C10H10F2N2. The van der Waals surface area contributed by atoms with E-state index in [0.717, 1.165) is 12.1 Å². The van der Waals surface area contributed by atoms with Crippen molar-refractivity contribution in [3.8, 4) is 6.07 Å². The maximum Gasteiger partial charge on any atom is 0.160 e. The van der Waals surface area contributed by atoms with Gasteiger partial charge in [-0.05, 0) is 25.1 Å². The van der Waals surface area contributed by atoms with Crippen LogP contribution in [0.3, 0.4) is 0 Å². The van der Waals surface area contributed by atoms with Crippen LogP contribution in [0.2, 0.25) is 0 Å². The first kappa shape index (κ1) is 10.5. The van der Waals surface area contributed by atoms with Crippen molar-refractivity contribution in [1.29, 1.82) is 5.26 Å². The fourth-order valence-electron chi connectivity index (χ4n) is 0.923.